The van der Waals surface area contributed by atoms with Crippen molar-refractivity contribution < 1.29 is 17.6 Å². The Labute approximate surface area is 183 Å². The Kier molecular flexibility index (Phi) is 6.17. The first-order valence-corrected chi connectivity index (χ1v) is 12.3. The Hall–Kier alpha value is -2.25. The fourth-order valence-electron chi connectivity index (χ4n) is 4.18. The van der Waals surface area contributed by atoms with Gasteiger partial charge in [0.15, 0.2) is 0 Å². The summed E-state index contributed by atoms with van der Waals surface area (Å²) in [4.78, 5) is 15.3. The van der Waals surface area contributed by atoms with E-state index in [4.69, 9.17) is 0 Å². The second kappa shape index (κ2) is 8.71. The predicted octanol–water partition coefficient (Wildman–Crippen LogP) is 4.03. The Balaban J connectivity index is 1.43. The van der Waals surface area contributed by atoms with E-state index in [0.29, 0.717) is 36.4 Å². The quantitative estimate of drug-likeness (QED) is 0.676. The summed E-state index contributed by atoms with van der Waals surface area (Å²) in [6, 6.07) is 11.9. The van der Waals surface area contributed by atoms with Crippen molar-refractivity contribution in [2.24, 2.45) is 5.92 Å². The third-order valence-electron chi connectivity index (χ3n) is 6.49. The number of aryl methyl sites for hydroxylation is 2. The molecular weight excluding hydrogens is 415 g/mol. The van der Waals surface area contributed by atoms with Crippen LogP contribution in [-0.4, -0.2) is 42.7 Å². The number of hydrogen-bond donors (Lipinski definition) is 0. The largest absolute Gasteiger partial charge is 0.335 e. The van der Waals surface area contributed by atoms with Crippen LogP contribution in [0, 0.1) is 25.6 Å². The van der Waals surface area contributed by atoms with Gasteiger partial charge in [-0.25, -0.2) is 12.8 Å². The van der Waals surface area contributed by atoms with E-state index in [-0.39, 0.29) is 30.2 Å². The van der Waals surface area contributed by atoms with Crippen molar-refractivity contribution in [3.63, 3.8) is 0 Å². The number of carbonyl (C=O) groups is 1. The van der Waals surface area contributed by atoms with E-state index in [1.54, 1.807) is 35.2 Å². The van der Waals surface area contributed by atoms with E-state index in [1.165, 1.54) is 10.4 Å². The van der Waals surface area contributed by atoms with Crippen molar-refractivity contribution in [3.8, 4) is 0 Å². The van der Waals surface area contributed by atoms with Crippen molar-refractivity contribution >= 4 is 15.9 Å². The predicted molar refractivity (Wildman–Crippen MR) is 117 cm³/mol. The van der Waals surface area contributed by atoms with Gasteiger partial charge in [-0.3, -0.25) is 4.79 Å². The van der Waals surface area contributed by atoms with Crippen LogP contribution in [0.3, 0.4) is 0 Å². The molecule has 0 N–H and O–H groups in total. The van der Waals surface area contributed by atoms with E-state index >= 15 is 0 Å². The molecule has 0 aromatic heterocycles. The zero-order valence-electron chi connectivity index (χ0n) is 18.1. The Morgan fingerprint density at radius 2 is 1.71 bits per heavy atom. The van der Waals surface area contributed by atoms with Crippen molar-refractivity contribution in [2.45, 2.75) is 57.0 Å². The molecule has 7 heteroatoms. The SMILES string of the molecule is Cc1ccc(S(=O)(=O)N2CCC(C(=O)N(Cc3ccccc3F)C3CC3)CC2)cc1C. The lowest BCUT2D eigenvalue weighted by Gasteiger charge is -2.34. The smallest absolute Gasteiger partial charge is 0.243 e. The fraction of sp³-hybridized carbons (Fsp3) is 0.458. The molecule has 1 saturated carbocycles. The minimum Gasteiger partial charge on any atom is -0.335 e. The van der Waals surface area contributed by atoms with Gasteiger partial charge in [-0.2, -0.15) is 4.31 Å². The highest BCUT2D eigenvalue weighted by Gasteiger charge is 2.39. The average Bonchev–Trinajstić information content (AvgIpc) is 3.60. The molecule has 4 rings (SSSR count). The minimum absolute atomic E-state index is 0.0222. The van der Waals surface area contributed by atoms with Crippen molar-refractivity contribution in [3.05, 3.63) is 65.0 Å². The van der Waals surface area contributed by atoms with Crippen LogP contribution < -0.4 is 0 Å². The molecule has 31 heavy (non-hydrogen) atoms. The maximum Gasteiger partial charge on any atom is 0.243 e. The highest BCUT2D eigenvalue weighted by molar-refractivity contribution is 7.89. The molecular formula is C24H29FN2O3S. The molecule has 1 heterocycles. The van der Waals surface area contributed by atoms with Crippen LogP contribution in [0.4, 0.5) is 4.39 Å². The van der Waals surface area contributed by atoms with Crippen LogP contribution in [0.1, 0.15) is 42.4 Å². The summed E-state index contributed by atoms with van der Waals surface area (Å²) < 4.78 is 41.7. The van der Waals surface area contributed by atoms with Crippen molar-refractivity contribution in [1.29, 1.82) is 0 Å². The first-order chi connectivity index (χ1) is 14.8. The van der Waals surface area contributed by atoms with E-state index in [9.17, 15) is 17.6 Å². The number of nitrogens with zero attached hydrogens (tertiary/aromatic N) is 2. The van der Waals surface area contributed by atoms with Gasteiger partial charge in [-0.1, -0.05) is 24.3 Å². The fourth-order valence-corrected chi connectivity index (χ4v) is 5.74. The number of hydrogen-bond acceptors (Lipinski definition) is 3. The summed E-state index contributed by atoms with van der Waals surface area (Å²) in [7, 11) is -3.57. The highest BCUT2D eigenvalue weighted by atomic mass is 32.2. The van der Waals surface area contributed by atoms with Gasteiger partial charge in [-0.15, -0.1) is 0 Å². The molecule has 0 unspecified atom stereocenters. The lowest BCUT2D eigenvalue weighted by Crippen LogP contribution is -2.45. The molecule has 0 spiro atoms. The van der Waals surface area contributed by atoms with Gasteiger partial charge in [0.25, 0.3) is 0 Å². The molecule has 1 aliphatic carbocycles. The first kappa shape index (κ1) is 22.0. The topological polar surface area (TPSA) is 57.7 Å². The van der Waals surface area contributed by atoms with Crippen molar-refractivity contribution in [1.82, 2.24) is 9.21 Å². The molecule has 2 aliphatic rings. The van der Waals surface area contributed by atoms with Gasteiger partial charge < -0.3 is 4.90 Å². The second-order valence-corrected chi connectivity index (χ2v) is 10.7. The van der Waals surface area contributed by atoms with E-state index in [0.717, 1.165) is 24.0 Å². The lowest BCUT2D eigenvalue weighted by molar-refractivity contribution is -0.138. The molecule has 1 aliphatic heterocycles. The number of sulfonamides is 1. The van der Waals surface area contributed by atoms with Crippen LogP contribution in [0.2, 0.25) is 0 Å². The molecule has 0 atom stereocenters. The zero-order chi connectivity index (χ0) is 22.2. The van der Waals surface area contributed by atoms with Crippen LogP contribution in [-0.2, 0) is 21.4 Å². The van der Waals surface area contributed by atoms with Gasteiger partial charge in [0.2, 0.25) is 15.9 Å². The lowest BCUT2D eigenvalue weighted by atomic mass is 9.96. The Bertz CT molecular complexity index is 1070. The van der Waals surface area contributed by atoms with Crippen LogP contribution >= 0.6 is 0 Å². The van der Waals surface area contributed by atoms with Gasteiger partial charge in [0.1, 0.15) is 5.82 Å². The summed E-state index contributed by atoms with van der Waals surface area (Å²) in [6.45, 7) is 4.78. The normalized spacial score (nSPS) is 18.2. The highest BCUT2D eigenvalue weighted by Crippen LogP contribution is 2.33. The molecule has 5 nitrogen and oxygen atoms in total. The Morgan fingerprint density at radius 1 is 1.03 bits per heavy atom. The molecule has 2 aromatic carbocycles. The van der Waals surface area contributed by atoms with E-state index in [1.807, 2.05) is 19.9 Å². The molecule has 166 valence electrons. The summed E-state index contributed by atoms with van der Waals surface area (Å²) in [5, 5.41) is 0. The number of benzene rings is 2. The summed E-state index contributed by atoms with van der Waals surface area (Å²) in [6.07, 6.45) is 2.87. The molecule has 0 radical (unpaired) electrons. The monoisotopic (exact) mass is 444 g/mol. The number of amides is 1. The molecule has 1 amide bonds. The van der Waals surface area contributed by atoms with Gasteiger partial charge in [0, 0.05) is 37.2 Å². The molecule has 2 aromatic rings. The maximum absolute atomic E-state index is 14.1. The van der Waals surface area contributed by atoms with Gasteiger partial charge >= 0.3 is 0 Å². The third kappa shape index (κ3) is 4.67. The second-order valence-electron chi connectivity index (χ2n) is 8.71. The van der Waals surface area contributed by atoms with Gasteiger partial charge in [-0.05, 0) is 68.9 Å². The van der Waals surface area contributed by atoms with Gasteiger partial charge in [0.05, 0.1) is 4.90 Å². The summed E-state index contributed by atoms with van der Waals surface area (Å²) >= 11 is 0. The average molecular weight is 445 g/mol. The zero-order valence-corrected chi connectivity index (χ0v) is 18.9. The standard InChI is InChI=1S/C24H29FN2O3S/c1-17-7-10-22(15-18(17)2)31(29,30)26-13-11-19(12-14-26)24(28)27(21-8-9-21)16-20-5-3-4-6-23(20)25/h3-7,10,15,19,21H,8-9,11-14,16H2,1-2H3. The van der Waals surface area contributed by atoms with Crippen LogP contribution in [0.15, 0.2) is 47.4 Å². The third-order valence-corrected chi connectivity index (χ3v) is 8.38. The van der Waals surface area contributed by atoms with E-state index in [2.05, 4.69) is 0 Å². The minimum atomic E-state index is -3.57. The number of piperidine rings is 1. The van der Waals surface area contributed by atoms with Crippen LogP contribution in [0.5, 0.6) is 0 Å². The number of carbonyl (C=O) groups excluding carboxylic acids is 1. The van der Waals surface area contributed by atoms with E-state index < -0.39 is 10.0 Å². The number of rotatable bonds is 6. The molecule has 0 bridgehead atoms. The summed E-state index contributed by atoms with van der Waals surface area (Å²) in [5.74, 6) is -0.497. The maximum atomic E-state index is 14.1. The number of halogens is 1. The first-order valence-electron chi connectivity index (χ1n) is 10.9. The molecule has 1 saturated heterocycles. The summed E-state index contributed by atoms with van der Waals surface area (Å²) in [5.41, 5.74) is 2.52. The van der Waals surface area contributed by atoms with Crippen LogP contribution in [0.25, 0.3) is 0 Å². The van der Waals surface area contributed by atoms with Crippen molar-refractivity contribution in [2.75, 3.05) is 13.1 Å². The molecule has 2 fully saturated rings. The Morgan fingerprint density at radius 3 is 2.32 bits per heavy atom.